The van der Waals surface area contributed by atoms with Gasteiger partial charge in [0.25, 0.3) is 0 Å². The maximum atomic E-state index is 11.5. The molecule has 0 radical (unpaired) electrons. The minimum Gasteiger partial charge on any atom is -0.396 e. The van der Waals surface area contributed by atoms with Gasteiger partial charge in [0.05, 0.1) is 36.3 Å². The van der Waals surface area contributed by atoms with Crippen LogP contribution in [0.2, 0.25) is 0 Å². The first kappa shape index (κ1) is 17.5. The lowest BCUT2D eigenvalue weighted by atomic mass is 10.2. The number of nitrogens with two attached hydrogens (primary N) is 1. The van der Waals surface area contributed by atoms with Gasteiger partial charge < -0.3 is 16.2 Å². The van der Waals surface area contributed by atoms with Crippen LogP contribution in [-0.2, 0) is 11.3 Å². The van der Waals surface area contributed by atoms with Crippen LogP contribution in [0.25, 0.3) is 0 Å². The number of aryl methyl sites for hydroxylation is 1. The summed E-state index contributed by atoms with van der Waals surface area (Å²) in [5.74, 6) is -0.0500. The molecule has 1 aromatic rings. The van der Waals surface area contributed by atoms with Crippen molar-refractivity contribution in [3.8, 4) is 0 Å². The van der Waals surface area contributed by atoms with Crippen LogP contribution < -0.4 is 11.1 Å². The van der Waals surface area contributed by atoms with Crippen LogP contribution >= 0.6 is 0 Å². The maximum absolute atomic E-state index is 11.5. The monoisotopic (exact) mass is 297 g/mol. The third-order valence-corrected chi connectivity index (χ3v) is 3.48. The molecule has 0 spiro atoms. The first-order valence-corrected chi connectivity index (χ1v) is 7.29. The number of amides is 1. The quantitative estimate of drug-likeness (QED) is 0.623. The highest BCUT2D eigenvalue weighted by Gasteiger charge is 2.16. The minimum absolute atomic E-state index is 0.0500. The second-order valence-corrected chi connectivity index (χ2v) is 5.33. The standard InChI is InChI=1S/C14H27N5O2/c1-5-6-18(9-13(21)16-4)7-12(20)8-19-11(3)14(15)10(2)17-19/h12,20H,5-9,15H2,1-4H3,(H,16,21). The van der Waals surface area contributed by atoms with E-state index in [1.165, 1.54) is 0 Å². The highest BCUT2D eigenvalue weighted by Crippen LogP contribution is 2.15. The number of nitrogens with zero attached hydrogens (tertiary/aromatic N) is 3. The zero-order valence-electron chi connectivity index (χ0n) is 13.4. The summed E-state index contributed by atoms with van der Waals surface area (Å²) < 4.78 is 1.72. The molecular weight excluding hydrogens is 270 g/mol. The number of nitrogen functional groups attached to an aromatic ring is 1. The van der Waals surface area contributed by atoms with Gasteiger partial charge in [-0.1, -0.05) is 6.92 Å². The third kappa shape index (κ3) is 5.02. The van der Waals surface area contributed by atoms with Crippen molar-refractivity contribution in [2.45, 2.75) is 39.8 Å². The minimum atomic E-state index is -0.599. The Morgan fingerprint density at radius 1 is 1.52 bits per heavy atom. The first-order valence-electron chi connectivity index (χ1n) is 7.29. The van der Waals surface area contributed by atoms with Crippen LogP contribution in [0.15, 0.2) is 0 Å². The summed E-state index contributed by atoms with van der Waals surface area (Å²) in [6, 6.07) is 0. The van der Waals surface area contributed by atoms with Gasteiger partial charge in [0, 0.05) is 13.6 Å². The van der Waals surface area contributed by atoms with E-state index >= 15 is 0 Å². The van der Waals surface area contributed by atoms with Crippen molar-refractivity contribution in [2.75, 3.05) is 32.4 Å². The summed E-state index contributed by atoms with van der Waals surface area (Å²) in [5.41, 5.74) is 8.18. The van der Waals surface area contributed by atoms with Gasteiger partial charge in [-0.05, 0) is 26.8 Å². The van der Waals surface area contributed by atoms with E-state index in [2.05, 4.69) is 10.4 Å². The summed E-state index contributed by atoms with van der Waals surface area (Å²) >= 11 is 0. The fourth-order valence-corrected chi connectivity index (χ4v) is 2.28. The number of aliphatic hydroxyl groups excluding tert-OH is 1. The normalized spacial score (nSPS) is 12.7. The number of rotatable bonds is 8. The Kier molecular flexibility index (Phi) is 6.64. The number of carbonyl (C=O) groups is 1. The van der Waals surface area contributed by atoms with Gasteiger partial charge in [0.15, 0.2) is 0 Å². The van der Waals surface area contributed by atoms with E-state index in [0.29, 0.717) is 25.3 Å². The van der Waals surface area contributed by atoms with Crippen molar-refractivity contribution >= 4 is 11.6 Å². The Bertz CT molecular complexity index is 472. The van der Waals surface area contributed by atoms with Gasteiger partial charge in [-0.25, -0.2) is 0 Å². The van der Waals surface area contributed by atoms with Crippen LogP contribution in [0.1, 0.15) is 24.7 Å². The SMILES string of the molecule is CCCN(CC(=O)NC)CC(O)Cn1nc(C)c(N)c1C. The molecule has 7 nitrogen and oxygen atoms in total. The van der Waals surface area contributed by atoms with Crippen molar-refractivity contribution in [3.63, 3.8) is 0 Å². The second kappa shape index (κ2) is 7.99. The van der Waals surface area contributed by atoms with Gasteiger partial charge in [0.2, 0.25) is 5.91 Å². The van der Waals surface area contributed by atoms with E-state index in [1.807, 2.05) is 25.7 Å². The molecule has 0 aromatic carbocycles. The predicted octanol–water partition coefficient (Wildman–Crippen LogP) is -0.0990. The van der Waals surface area contributed by atoms with Crippen molar-refractivity contribution in [3.05, 3.63) is 11.4 Å². The number of aromatic nitrogens is 2. The molecule has 21 heavy (non-hydrogen) atoms. The lowest BCUT2D eigenvalue weighted by Crippen LogP contribution is -2.41. The molecule has 1 atom stereocenters. The molecule has 1 aromatic heterocycles. The zero-order valence-corrected chi connectivity index (χ0v) is 13.4. The fourth-order valence-electron chi connectivity index (χ4n) is 2.28. The molecule has 1 unspecified atom stereocenters. The molecule has 0 aliphatic carbocycles. The van der Waals surface area contributed by atoms with Crippen molar-refractivity contribution in [1.82, 2.24) is 20.0 Å². The van der Waals surface area contributed by atoms with Gasteiger partial charge in [-0.15, -0.1) is 0 Å². The lowest BCUT2D eigenvalue weighted by molar-refractivity contribution is -0.122. The summed E-state index contributed by atoms with van der Waals surface area (Å²) in [4.78, 5) is 13.4. The Balaban J connectivity index is 2.62. The third-order valence-electron chi connectivity index (χ3n) is 3.48. The van der Waals surface area contributed by atoms with Gasteiger partial charge in [-0.3, -0.25) is 14.4 Å². The van der Waals surface area contributed by atoms with Crippen LogP contribution in [0, 0.1) is 13.8 Å². The Morgan fingerprint density at radius 3 is 2.67 bits per heavy atom. The van der Waals surface area contributed by atoms with Crippen LogP contribution in [0.4, 0.5) is 5.69 Å². The van der Waals surface area contributed by atoms with Crippen molar-refractivity contribution < 1.29 is 9.90 Å². The average molecular weight is 297 g/mol. The first-order chi connectivity index (χ1) is 9.88. The Morgan fingerprint density at radius 2 is 2.19 bits per heavy atom. The molecule has 0 aliphatic heterocycles. The molecule has 7 heteroatoms. The smallest absolute Gasteiger partial charge is 0.233 e. The molecule has 0 saturated heterocycles. The molecule has 120 valence electrons. The van der Waals surface area contributed by atoms with Crippen molar-refractivity contribution in [1.29, 1.82) is 0 Å². The number of hydrogen-bond donors (Lipinski definition) is 3. The molecule has 0 aliphatic rings. The molecule has 0 saturated carbocycles. The van der Waals surface area contributed by atoms with Gasteiger partial charge >= 0.3 is 0 Å². The Hall–Kier alpha value is -1.60. The highest BCUT2D eigenvalue weighted by molar-refractivity contribution is 5.77. The van der Waals surface area contributed by atoms with E-state index in [1.54, 1.807) is 11.7 Å². The van der Waals surface area contributed by atoms with Crippen molar-refractivity contribution in [2.24, 2.45) is 0 Å². The van der Waals surface area contributed by atoms with E-state index in [0.717, 1.165) is 24.4 Å². The second-order valence-electron chi connectivity index (χ2n) is 5.33. The molecule has 1 rings (SSSR count). The number of carbonyl (C=O) groups excluding carboxylic acids is 1. The molecule has 0 bridgehead atoms. The van der Waals surface area contributed by atoms with Gasteiger partial charge in [0.1, 0.15) is 0 Å². The average Bonchev–Trinajstić information content (AvgIpc) is 2.66. The largest absolute Gasteiger partial charge is 0.396 e. The molecule has 4 N–H and O–H groups in total. The number of nitrogens with one attached hydrogen (secondary N) is 1. The zero-order chi connectivity index (χ0) is 16.0. The van der Waals surface area contributed by atoms with Crippen LogP contribution in [0.5, 0.6) is 0 Å². The highest BCUT2D eigenvalue weighted by atomic mass is 16.3. The molecule has 1 amide bonds. The lowest BCUT2D eigenvalue weighted by Gasteiger charge is -2.24. The predicted molar refractivity (Wildman–Crippen MR) is 82.9 cm³/mol. The van der Waals surface area contributed by atoms with E-state index in [9.17, 15) is 9.90 Å². The summed E-state index contributed by atoms with van der Waals surface area (Å²) in [7, 11) is 1.61. The Labute approximate surface area is 126 Å². The van der Waals surface area contributed by atoms with Crippen LogP contribution in [0.3, 0.4) is 0 Å². The van der Waals surface area contributed by atoms with E-state index < -0.39 is 6.10 Å². The van der Waals surface area contributed by atoms with Crippen LogP contribution in [-0.4, -0.2) is 58.5 Å². The van der Waals surface area contributed by atoms with E-state index in [4.69, 9.17) is 5.73 Å². The maximum Gasteiger partial charge on any atom is 0.233 e. The molecule has 1 heterocycles. The molecule has 0 fully saturated rings. The van der Waals surface area contributed by atoms with E-state index in [-0.39, 0.29) is 5.91 Å². The summed E-state index contributed by atoms with van der Waals surface area (Å²) in [6.45, 7) is 7.64. The fraction of sp³-hybridized carbons (Fsp3) is 0.714. The summed E-state index contributed by atoms with van der Waals surface area (Å²) in [5, 5.41) is 17.1. The number of hydrogen-bond acceptors (Lipinski definition) is 5. The topological polar surface area (TPSA) is 96.4 Å². The number of aliphatic hydroxyl groups is 1. The van der Waals surface area contributed by atoms with Gasteiger partial charge in [-0.2, -0.15) is 5.10 Å². The number of anilines is 1. The molecular formula is C14H27N5O2. The number of likely N-dealkylation sites (N-methyl/N-ethyl adjacent to an activating group) is 1. The summed E-state index contributed by atoms with van der Waals surface area (Å²) in [6.07, 6.45) is 0.329.